The lowest BCUT2D eigenvalue weighted by molar-refractivity contribution is -0.116. The Bertz CT molecular complexity index is 983. The third kappa shape index (κ3) is 9.51. The van der Waals surface area contributed by atoms with Crippen LogP contribution in [0.4, 0.5) is 8.78 Å². The molecule has 0 radical (unpaired) electrons. The van der Waals surface area contributed by atoms with Gasteiger partial charge < -0.3 is 9.88 Å². The monoisotopic (exact) mass is 492 g/mol. The van der Waals surface area contributed by atoms with E-state index < -0.39 is 17.5 Å². The van der Waals surface area contributed by atoms with Gasteiger partial charge in [0.15, 0.2) is 17.3 Å². The number of imidazole rings is 1. The summed E-state index contributed by atoms with van der Waals surface area (Å²) in [6.45, 7) is 17.5. The second kappa shape index (κ2) is 14.1. The van der Waals surface area contributed by atoms with Crippen molar-refractivity contribution in [2.24, 2.45) is 11.8 Å². The smallest absolute Gasteiger partial charge is 0.272 e. The van der Waals surface area contributed by atoms with E-state index in [4.69, 9.17) is 0 Å². The second-order valence-corrected chi connectivity index (χ2v) is 10.2. The number of rotatable bonds is 5. The molecule has 0 saturated heterocycles. The molecule has 0 fully saturated rings. The third-order valence-electron chi connectivity index (χ3n) is 5.38. The van der Waals surface area contributed by atoms with Crippen LogP contribution in [0.5, 0.6) is 0 Å². The van der Waals surface area contributed by atoms with Gasteiger partial charge in [-0.25, -0.2) is 13.8 Å². The van der Waals surface area contributed by atoms with E-state index in [2.05, 4.69) is 56.7 Å². The Balaban J connectivity index is 0.000000585. The van der Waals surface area contributed by atoms with Crippen molar-refractivity contribution < 1.29 is 18.4 Å². The number of amides is 1. The highest BCUT2D eigenvalue weighted by Gasteiger charge is 2.30. The number of halogens is 2. The van der Waals surface area contributed by atoms with Crippen LogP contribution in [0, 0.1) is 23.5 Å². The molecule has 1 aromatic carbocycles. The Kier molecular flexibility index (Phi) is 12.2. The van der Waals surface area contributed by atoms with Gasteiger partial charge in [-0.3, -0.25) is 14.5 Å². The fourth-order valence-electron chi connectivity index (χ4n) is 2.96. The maximum atomic E-state index is 13.7. The standard InChI is InChI=1S/C18H20F2N4O2.C5H12.C4H10/c1-10-8-24-15(9-23(10)3)16(18(26)21-7-11(2)25)22-17(24)12-4-5-13(19)14(20)6-12;1-4-5(2)3;1-4(2)3/h4-6,10H,7-9H2,1-3H3,(H,21,26);5H,4H2,1-3H3;4H,1-3H3. The predicted octanol–water partition coefficient (Wildman–Crippen LogP) is 5.70. The van der Waals surface area contributed by atoms with Crippen molar-refractivity contribution in [3.05, 3.63) is 41.2 Å². The van der Waals surface area contributed by atoms with Crippen molar-refractivity contribution in [2.45, 2.75) is 80.9 Å². The summed E-state index contributed by atoms with van der Waals surface area (Å²) in [6.07, 6.45) is 1.31. The Morgan fingerprint density at radius 1 is 1.14 bits per heavy atom. The Morgan fingerprint density at radius 2 is 1.71 bits per heavy atom. The lowest BCUT2D eigenvalue weighted by Gasteiger charge is -2.32. The minimum absolute atomic E-state index is 0.0854. The topological polar surface area (TPSA) is 67.2 Å². The van der Waals surface area contributed by atoms with Gasteiger partial charge >= 0.3 is 0 Å². The number of hydrogen-bond acceptors (Lipinski definition) is 4. The highest BCUT2D eigenvalue weighted by Crippen LogP contribution is 2.29. The van der Waals surface area contributed by atoms with Crippen LogP contribution >= 0.6 is 0 Å². The molecule has 1 aliphatic heterocycles. The molecule has 1 atom stereocenters. The molecule has 3 rings (SSSR count). The predicted molar refractivity (Wildman–Crippen MR) is 137 cm³/mol. The quantitative estimate of drug-likeness (QED) is 0.582. The third-order valence-corrected chi connectivity index (χ3v) is 5.38. The number of nitrogens with one attached hydrogen (secondary N) is 1. The number of benzene rings is 1. The molecule has 196 valence electrons. The van der Waals surface area contributed by atoms with Crippen LogP contribution in [-0.4, -0.2) is 45.8 Å². The number of ketones is 1. The zero-order chi connectivity index (χ0) is 26.9. The minimum atomic E-state index is -0.969. The number of fused-ring (bicyclic) bond motifs is 1. The summed E-state index contributed by atoms with van der Waals surface area (Å²) in [6, 6.07) is 3.74. The molecule has 1 unspecified atom stereocenters. The number of nitrogens with zero attached hydrogens (tertiary/aromatic N) is 3. The van der Waals surface area contributed by atoms with Gasteiger partial charge in [0.2, 0.25) is 0 Å². The van der Waals surface area contributed by atoms with Crippen molar-refractivity contribution in [3.63, 3.8) is 0 Å². The van der Waals surface area contributed by atoms with Crippen LogP contribution in [0.25, 0.3) is 11.4 Å². The van der Waals surface area contributed by atoms with E-state index in [1.807, 2.05) is 18.5 Å². The van der Waals surface area contributed by atoms with Gasteiger partial charge in [0.05, 0.1) is 12.2 Å². The fraction of sp³-hybridized carbons (Fsp3) is 0.593. The largest absolute Gasteiger partial charge is 0.344 e. The Labute approximate surface area is 209 Å². The molecule has 6 nitrogen and oxygen atoms in total. The van der Waals surface area contributed by atoms with Crippen LogP contribution in [0.3, 0.4) is 0 Å². The Morgan fingerprint density at radius 3 is 2.20 bits per heavy atom. The summed E-state index contributed by atoms with van der Waals surface area (Å²) in [5, 5.41) is 2.54. The first kappa shape index (κ1) is 30.4. The van der Waals surface area contributed by atoms with E-state index in [0.29, 0.717) is 30.2 Å². The lowest BCUT2D eigenvalue weighted by atomic mass is 10.1. The number of carbonyl (C=O) groups excluding carboxylic acids is 2. The summed E-state index contributed by atoms with van der Waals surface area (Å²) in [5.74, 6) is -0.407. The number of hydrogen-bond donors (Lipinski definition) is 1. The van der Waals surface area contributed by atoms with Crippen molar-refractivity contribution in [3.8, 4) is 11.4 Å². The van der Waals surface area contributed by atoms with Gasteiger partial charge in [0.1, 0.15) is 11.6 Å². The van der Waals surface area contributed by atoms with Crippen LogP contribution in [0.2, 0.25) is 0 Å². The van der Waals surface area contributed by atoms with Gasteiger partial charge in [-0.1, -0.05) is 48.0 Å². The van der Waals surface area contributed by atoms with E-state index in [-0.39, 0.29) is 24.1 Å². The molecule has 1 aromatic heterocycles. The first-order valence-electron chi connectivity index (χ1n) is 12.3. The van der Waals surface area contributed by atoms with E-state index in [1.54, 1.807) is 0 Å². The average Bonchev–Trinajstić information content (AvgIpc) is 3.12. The van der Waals surface area contributed by atoms with Gasteiger partial charge in [-0.05, 0) is 50.9 Å². The zero-order valence-corrected chi connectivity index (χ0v) is 22.7. The maximum Gasteiger partial charge on any atom is 0.272 e. The summed E-state index contributed by atoms with van der Waals surface area (Å²) in [7, 11) is 1.94. The van der Waals surface area contributed by atoms with Gasteiger partial charge in [0, 0.05) is 24.7 Å². The van der Waals surface area contributed by atoms with E-state index in [0.717, 1.165) is 24.0 Å². The van der Waals surface area contributed by atoms with Crippen LogP contribution in [0.1, 0.15) is 78.0 Å². The number of carbonyl (C=O) groups is 2. The molecule has 1 amide bonds. The van der Waals surface area contributed by atoms with Gasteiger partial charge in [-0.2, -0.15) is 0 Å². The molecule has 0 aliphatic carbocycles. The molecule has 8 heteroatoms. The molecule has 0 spiro atoms. The summed E-state index contributed by atoms with van der Waals surface area (Å²) < 4.78 is 28.8. The molecule has 1 N–H and O–H groups in total. The van der Waals surface area contributed by atoms with Crippen LogP contribution < -0.4 is 5.32 Å². The first-order valence-corrected chi connectivity index (χ1v) is 12.3. The summed E-state index contributed by atoms with van der Waals surface area (Å²) in [5.41, 5.74) is 1.28. The van der Waals surface area contributed by atoms with Crippen LogP contribution in [0.15, 0.2) is 18.2 Å². The fourth-order valence-corrected chi connectivity index (χ4v) is 2.96. The molecule has 0 bridgehead atoms. The normalized spacial score (nSPS) is 15.1. The molecule has 1 aliphatic rings. The molecular weight excluding hydrogens is 450 g/mol. The summed E-state index contributed by atoms with van der Waals surface area (Å²) >= 11 is 0. The number of aromatic nitrogens is 2. The maximum absolute atomic E-state index is 13.7. The molecule has 35 heavy (non-hydrogen) atoms. The van der Waals surface area contributed by atoms with Crippen molar-refractivity contribution in [1.29, 1.82) is 0 Å². The number of likely N-dealkylation sites (N-methyl/N-ethyl adjacent to an activating group) is 1. The highest BCUT2D eigenvalue weighted by molar-refractivity contribution is 5.96. The van der Waals surface area contributed by atoms with Crippen molar-refractivity contribution in [2.75, 3.05) is 13.6 Å². The lowest BCUT2D eigenvalue weighted by Crippen LogP contribution is -2.39. The molecular formula is C27H42F2N4O2. The summed E-state index contributed by atoms with van der Waals surface area (Å²) in [4.78, 5) is 30.1. The Hall–Kier alpha value is -2.61. The molecule has 2 aromatic rings. The first-order chi connectivity index (χ1) is 16.3. The average molecular weight is 493 g/mol. The molecule has 0 saturated carbocycles. The highest BCUT2D eigenvalue weighted by atomic mass is 19.2. The van der Waals surface area contributed by atoms with Crippen molar-refractivity contribution >= 4 is 11.7 Å². The second-order valence-electron chi connectivity index (χ2n) is 10.2. The van der Waals surface area contributed by atoms with Crippen LogP contribution in [-0.2, 0) is 17.9 Å². The number of Topliss-reactive ketones (excluding diaryl/α,β-unsaturated/α-hetero) is 1. The van der Waals surface area contributed by atoms with E-state index in [9.17, 15) is 18.4 Å². The van der Waals surface area contributed by atoms with E-state index >= 15 is 0 Å². The van der Waals surface area contributed by atoms with Crippen molar-refractivity contribution in [1.82, 2.24) is 19.8 Å². The van der Waals surface area contributed by atoms with Gasteiger partial charge in [-0.15, -0.1) is 0 Å². The molecule has 2 heterocycles. The van der Waals surface area contributed by atoms with Gasteiger partial charge in [0.25, 0.3) is 5.91 Å². The minimum Gasteiger partial charge on any atom is -0.344 e. The zero-order valence-electron chi connectivity index (χ0n) is 22.7. The SMILES string of the molecule is CC(=O)CNC(=O)c1nc(-c2ccc(F)c(F)c2)n2c1CN(C)C(C)C2.CC(C)C.CCC(C)C. The van der Waals surface area contributed by atoms with E-state index in [1.165, 1.54) is 19.4 Å².